The van der Waals surface area contributed by atoms with Crippen LogP contribution in [0.5, 0.6) is 5.75 Å². The summed E-state index contributed by atoms with van der Waals surface area (Å²) in [5.41, 5.74) is 0.790. The van der Waals surface area contributed by atoms with Gasteiger partial charge in [-0.3, -0.25) is 14.9 Å². The Bertz CT molecular complexity index is 1250. The minimum absolute atomic E-state index is 0.0422. The van der Waals surface area contributed by atoms with Crippen molar-refractivity contribution in [2.45, 2.75) is 6.92 Å². The van der Waals surface area contributed by atoms with Crippen molar-refractivity contribution in [2.75, 3.05) is 12.4 Å². The average molecular weight is 410 g/mol. The highest BCUT2D eigenvalue weighted by atomic mass is 32.1. The lowest BCUT2D eigenvalue weighted by molar-refractivity contribution is -0.385. The number of amides is 1. The molecule has 146 valence electrons. The van der Waals surface area contributed by atoms with Crippen LogP contribution in [0.2, 0.25) is 0 Å². The van der Waals surface area contributed by atoms with Crippen molar-refractivity contribution >= 4 is 33.6 Å². The fourth-order valence-corrected chi connectivity index (χ4v) is 3.67. The molecule has 0 saturated heterocycles. The molecule has 2 heterocycles. The van der Waals surface area contributed by atoms with E-state index in [4.69, 9.17) is 4.74 Å². The van der Waals surface area contributed by atoms with Crippen molar-refractivity contribution in [1.29, 1.82) is 0 Å². The van der Waals surface area contributed by atoms with E-state index in [1.807, 2.05) is 0 Å². The van der Waals surface area contributed by atoms with E-state index in [2.05, 4.69) is 20.6 Å². The summed E-state index contributed by atoms with van der Waals surface area (Å²) in [6, 6.07) is 11.0. The Morgan fingerprint density at radius 1 is 1.24 bits per heavy atom. The largest absolute Gasteiger partial charge is 0.495 e. The summed E-state index contributed by atoms with van der Waals surface area (Å²) in [6.45, 7) is 1.80. The van der Waals surface area contributed by atoms with Crippen LogP contribution >= 0.6 is 11.3 Å². The first-order valence-corrected chi connectivity index (χ1v) is 9.21. The van der Waals surface area contributed by atoms with Gasteiger partial charge >= 0.3 is 0 Å². The number of methoxy groups -OCH3 is 1. The number of para-hydroxylation sites is 1. The van der Waals surface area contributed by atoms with Gasteiger partial charge in [-0.1, -0.05) is 23.5 Å². The van der Waals surface area contributed by atoms with E-state index in [0.29, 0.717) is 27.2 Å². The molecule has 0 atom stereocenters. The van der Waals surface area contributed by atoms with Crippen LogP contribution in [0.3, 0.4) is 0 Å². The number of hydrogen-bond acceptors (Lipinski definition) is 8. The molecule has 2 aromatic carbocycles. The Labute approximate surface area is 167 Å². The summed E-state index contributed by atoms with van der Waals surface area (Å²) >= 11 is 1.35. The maximum absolute atomic E-state index is 12.7. The zero-order valence-electron chi connectivity index (χ0n) is 15.3. The molecule has 29 heavy (non-hydrogen) atoms. The number of nitro groups is 1. The molecular weight excluding hydrogens is 396 g/mol. The van der Waals surface area contributed by atoms with Gasteiger partial charge in [0.1, 0.15) is 16.3 Å². The van der Waals surface area contributed by atoms with Gasteiger partial charge in [0.2, 0.25) is 4.96 Å². The van der Waals surface area contributed by atoms with Crippen molar-refractivity contribution in [1.82, 2.24) is 19.8 Å². The van der Waals surface area contributed by atoms with E-state index in [0.717, 1.165) is 5.56 Å². The van der Waals surface area contributed by atoms with Crippen LogP contribution < -0.4 is 10.1 Å². The third kappa shape index (κ3) is 3.38. The molecule has 1 N–H and O–H groups in total. The Morgan fingerprint density at radius 2 is 2.03 bits per heavy atom. The van der Waals surface area contributed by atoms with E-state index < -0.39 is 10.8 Å². The molecule has 0 fully saturated rings. The maximum Gasteiger partial charge on any atom is 0.282 e. The van der Waals surface area contributed by atoms with Crippen LogP contribution in [0.25, 0.3) is 15.5 Å². The molecular formula is C18H14N6O4S. The Morgan fingerprint density at radius 3 is 2.76 bits per heavy atom. The fraction of sp³-hybridized carbons (Fsp3) is 0.111. The molecule has 0 spiro atoms. The highest BCUT2D eigenvalue weighted by Gasteiger charge is 2.21. The lowest BCUT2D eigenvalue weighted by atomic mass is 10.1. The number of carbonyl (C=O) groups excluding carboxylic acids is 1. The van der Waals surface area contributed by atoms with Gasteiger partial charge in [0, 0.05) is 11.6 Å². The zero-order chi connectivity index (χ0) is 20.5. The molecule has 0 unspecified atom stereocenters. The van der Waals surface area contributed by atoms with Crippen molar-refractivity contribution in [2.24, 2.45) is 0 Å². The smallest absolute Gasteiger partial charge is 0.282 e. The number of benzene rings is 2. The monoisotopic (exact) mass is 410 g/mol. The topological polar surface area (TPSA) is 125 Å². The van der Waals surface area contributed by atoms with E-state index in [1.54, 1.807) is 35.7 Å². The first-order chi connectivity index (χ1) is 14.0. The van der Waals surface area contributed by atoms with Crippen molar-refractivity contribution < 1.29 is 14.5 Å². The maximum atomic E-state index is 12.7. The predicted molar refractivity (Wildman–Crippen MR) is 106 cm³/mol. The van der Waals surface area contributed by atoms with Gasteiger partial charge in [-0.25, -0.2) is 0 Å². The quantitative estimate of drug-likeness (QED) is 0.395. The van der Waals surface area contributed by atoms with Gasteiger partial charge in [-0.05, 0) is 31.2 Å². The number of rotatable bonds is 5. The van der Waals surface area contributed by atoms with Gasteiger partial charge in [0.05, 0.1) is 17.7 Å². The number of fused-ring (bicyclic) bond motifs is 1. The first kappa shape index (κ1) is 18.5. The summed E-state index contributed by atoms with van der Waals surface area (Å²) in [5.74, 6) is 0.475. The number of aromatic nitrogens is 4. The predicted octanol–water partition coefficient (Wildman–Crippen LogP) is 3.33. The van der Waals surface area contributed by atoms with Crippen LogP contribution in [0, 0.1) is 17.0 Å². The van der Waals surface area contributed by atoms with Crippen molar-refractivity contribution in [3.8, 4) is 16.3 Å². The summed E-state index contributed by atoms with van der Waals surface area (Å²) in [4.78, 5) is 24.0. The fourth-order valence-electron chi connectivity index (χ4n) is 2.78. The zero-order valence-corrected chi connectivity index (χ0v) is 16.1. The van der Waals surface area contributed by atoms with Crippen LogP contribution in [-0.4, -0.2) is 37.8 Å². The lowest BCUT2D eigenvalue weighted by Gasteiger charge is -2.11. The molecule has 11 heteroatoms. The van der Waals surface area contributed by atoms with Crippen molar-refractivity contribution in [3.05, 3.63) is 64.0 Å². The highest BCUT2D eigenvalue weighted by molar-refractivity contribution is 7.19. The minimum Gasteiger partial charge on any atom is -0.495 e. The van der Waals surface area contributed by atoms with Crippen LogP contribution in [0.4, 0.5) is 11.4 Å². The summed E-state index contributed by atoms with van der Waals surface area (Å²) < 4.78 is 6.96. The van der Waals surface area contributed by atoms with Gasteiger partial charge in [-0.2, -0.15) is 9.61 Å². The van der Waals surface area contributed by atoms with Gasteiger partial charge in [-0.15, -0.1) is 10.2 Å². The first-order valence-electron chi connectivity index (χ1n) is 8.40. The summed E-state index contributed by atoms with van der Waals surface area (Å²) in [5, 5.41) is 27.1. The molecule has 10 nitrogen and oxygen atoms in total. The molecule has 4 aromatic rings. The number of nitrogens with one attached hydrogen (secondary N) is 1. The van der Waals surface area contributed by atoms with Gasteiger partial charge in [0.15, 0.2) is 5.82 Å². The number of nitro benzene ring substituents is 1. The number of anilines is 1. The molecule has 0 radical (unpaired) electrons. The molecule has 0 aliphatic heterocycles. The van der Waals surface area contributed by atoms with E-state index >= 15 is 0 Å². The molecule has 0 aliphatic rings. The average Bonchev–Trinajstić information content (AvgIpc) is 3.30. The molecule has 4 rings (SSSR count). The third-order valence-electron chi connectivity index (χ3n) is 4.19. The van der Waals surface area contributed by atoms with Crippen LogP contribution in [-0.2, 0) is 0 Å². The lowest BCUT2D eigenvalue weighted by Crippen LogP contribution is -2.14. The number of carbonyl (C=O) groups is 1. The van der Waals surface area contributed by atoms with Crippen molar-refractivity contribution in [3.63, 3.8) is 0 Å². The Balaban J connectivity index is 1.70. The normalized spacial score (nSPS) is 10.8. The Kier molecular flexibility index (Phi) is 4.64. The second-order valence-corrected chi connectivity index (χ2v) is 6.95. The molecule has 1 amide bonds. The standard InChI is InChI=1S/C18H14N6O4S/c1-10-20-21-18-23(10)22-17(29-18)11-7-8-15(28-2)13(9-11)19-16(25)12-5-3-4-6-14(12)24(26)27/h3-9H,1-2H3,(H,19,25). The number of nitrogens with zero attached hydrogens (tertiary/aromatic N) is 5. The minimum atomic E-state index is -0.610. The Hall–Kier alpha value is -3.86. The summed E-state index contributed by atoms with van der Waals surface area (Å²) in [7, 11) is 1.47. The van der Waals surface area contributed by atoms with E-state index in [9.17, 15) is 14.9 Å². The van der Waals surface area contributed by atoms with E-state index in [1.165, 1.54) is 36.6 Å². The number of ether oxygens (including phenoxy) is 1. The van der Waals surface area contributed by atoms with Crippen LogP contribution in [0.1, 0.15) is 16.2 Å². The third-order valence-corrected chi connectivity index (χ3v) is 5.13. The van der Waals surface area contributed by atoms with E-state index in [-0.39, 0.29) is 11.3 Å². The molecule has 0 bridgehead atoms. The van der Waals surface area contributed by atoms with Crippen LogP contribution in [0.15, 0.2) is 42.5 Å². The number of hydrogen-bond donors (Lipinski definition) is 1. The highest BCUT2D eigenvalue weighted by Crippen LogP contribution is 2.33. The van der Waals surface area contributed by atoms with Gasteiger partial charge < -0.3 is 10.1 Å². The molecule has 0 saturated carbocycles. The SMILES string of the molecule is COc1ccc(-c2nn3c(C)nnc3s2)cc1NC(=O)c1ccccc1[N+](=O)[O-]. The molecule has 0 aliphatic carbocycles. The van der Waals surface area contributed by atoms with Gasteiger partial charge in [0.25, 0.3) is 11.6 Å². The molecule has 2 aromatic heterocycles. The summed E-state index contributed by atoms with van der Waals surface area (Å²) in [6.07, 6.45) is 0. The second kappa shape index (κ2) is 7.28. The number of aryl methyl sites for hydroxylation is 1. The second-order valence-electron chi connectivity index (χ2n) is 5.99.